The van der Waals surface area contributed by atoms with Crippen molar-refractivity contribution in [2.24, 2.45) is 5.92 Å². The highest BCUT2D eigenvalue weighted by molar-refractivity contribution is 9.11. The van der Waals surface area contributed by atoms with E-state index in [0.29, 0.717) is 12.8 Å². The number of H-pyrrole nitrogens is 1. The number of carboxylic acids is 1. The van der Waals surface area contributed by atoms with E-state index in [1.54, 1.807) is 11.3 Å². The number of rotatable bonds is 3. The zero-order chi connectivity index (χ0) is 14.1. The first-order valence-corrected chi connectivity index (χ1v) is 8.03. The molecule has 5 nitrogen and oxygen atoms in total. The minimum absolute atomic E-state index is 0.210. The number of thiophene rings is 1. The number of nitrogens with one attached hydrogen (secondary N) is 1. The Morgan fingerprint density at radius 3 is 2.80 bits per heavy atom. The molecular formula is C13H14BrN3O2S. The molecule has 7 heteroatoms. The average Bonchev–Trinajstić information content (AvgIpc) is 3.07. The number of anilines is 1. The number of halogens is 1. The summed E-state index contributed by atoms with van der Waals surface area (Å²) in [6.07, 6.45) is 1.37. The zero-order valence-electron chi connectivity index (χ0n) is 10.7. The first kappa shape index (κ1) is 13.6. The fourth-order valence-electron chi connectivity index (χ4n) is 2.41. The molecule has 1 saturated heterocycles. The van der Waals surface area contributed by atoms with Gasteiger partial charge in [0.15, 0.2) is 5.82 Å². The maximum atomic E-state index is 10.9. The maximum Gasteiger partial charge on any atom is 0.306 e. The number of carboxylic acid groups (broad SMARTS) is 1. The van der Waals surface area contributed by atoms with Gasteiger partial charge in [-0.2, -0.15) is 5.10 Å². The largest absolute Gasteiger partial charge is 0.481 e. The fraction of sp³-hybridized carbons (Fsp3) is 0.385. The predicted octanol–water partition coefficient (Wildman–Crippen LogP) is 3.20. The van der Waals surface area contributed by atoms with Crippen LogP contribution in [-0.4, -0.2) is 34.4 Å². The van der Waals surface area contributed by atoms with Gasteiger partial charge in [-0.3, -0.25) is 9.89 Å². The van der Waals surface area contributed by atoms with E-state index in [4.69, 9.17) is 5.11 Å². The molecule has 0 spiro atoms. The van der Waals surface area contributed by atoms with Crippen LogP contribution >= 0.6 is 27.3 Å². The summed E-state index contributed by atoms with van der Waals surface area (Å²) in [6, 6.07) is 6.08. The Balaban J connectivity index is 1.70. The van der Waals surface area contributed by atoms with Crippen LogP contribution in [0.25, 0.3) is 10.6 Å². The molecule has 2 N–H and O–H groups in total. The molecule has 0 amide bonds. The van der Waals surface area contributed by atoms with Gasteiger partial charge in [0.05, 0.1) is 20.3 Å². The lowest BCUT2D eigenvalue weighted by molar-refractivity contribution is -0.142. The summed E-state index contributed by atoms with van der Waals surface area (Å²) in [4.78, 5) is 14.2. The van der Waals surface area contributed by atoms with Gasteiger partial charge in [0, 0.05) is 19.2 Å². The van der Waals surface area contributed by atoms with E-state index >= 15 is 0 Å². The van der Waals surface area contributed by atoms with Gasteiger partial charge in [-0.1, -0.05) is 0 Å². The molecule has 0 aliphatic carbocycles. The summed E-state index contributed by atoms with van der Waals surface area (Å²) in [6.45, 7) is 1.49. The second-order valence-electron chi connectivity index (χ2n) is 4.84. The fourth-order valence-corrected chi connectivity index (χ4v) is 3.77. The van der Waals surface area contributed by atoms with Gasteiger partial charge in [-0.05, 0) is 40.9 Å². The number of hydrogen-bond donors (Lipinski definition) is 2. The molecule has 0 saturated carbocycles. The van der Waals surface area contributed by atoms with Gasteiger partial charge < -0.3 is 10.0 Å². The summed E-state index contributed by atoms with van der Waals surface area (Å²) in [5, 5.41) is 16.4. The van der Waals surface area contributed by atoms with Gasteiger partial charge in [0.2, 0.25) is 0 Å². The first-order valence-electron chi connectivity index (χ1n) is 6.42. The van der Waals surface area contributed by atoms with E-state index in [1.165, 1.54) is 0 Å². The smallest absolute Gasteiger partial charge is 0.306 e. The number of aliphatic carboxylic acids is 1. The second kappa shape index (κ2) is 5.57. The Morgan fingerprint density at radius 2 is 2.20 bits per heavy atom. The van der Waals surface area contributed by atoms with Crippen LogP contribution in [-0.2, 0) is 4.79 Å². The van der Waals surface area contributed by atoms with Crippen LogP contribution in [0.4, 0.5) is 5.82 Å². The molecule has 0 radical (unpaired) electrons. The molecule has 1 fully saturated rings. The van der Waals surface area contributed by atoms with E-state index in [0.717, 1.165) is 33.3 Å². The minimum Gasteiger partial charge on any atom is -0.481 e. The molecule has 1 aliphatic heterocycles. The molecule has 0 atom stereocenters. The van der Waals surface area contributed by atoms with E-state index < -0.39 is 5.97 Å². The molecule has 3 heterocycles. The summed E-state index contributed by atoms with van der Waals surface area (Å²) in [5.41, 5.74) is 0.996. The monoisotopic (exact) mass is 355 g/mol. The Morgan fingerprint density at radius 1 is 1.45 bits per heavy atom. The van der Waals surface area contributed by atoms with Crippen molar-refractivity contribution in [2.45, 2.75) is 12.8 Å². The van der Waals surface area contributed by atoms with Crippen molar-refractivity contribution in [1.29, 1.82) is 0 Å². The van der Waals surface area contributed by atoms with Gasteiger partial charge in [-0.25, -0.2) is 0 Å². The minimum atomic E-state index is -0.684. The van der Waals surface area contributed by atoms with E-state index in [-0.39, 0.29) is 5.92 Å². The Bertz CT molecular complexity index is 617. The van der Waals surface area contributed by atoms with Crippen molar-refractivity contribution < 1.29 is 9.90 Å². The van der Waals surface area contributed by atoms with Gasteiger partial charge >= 0.3 is 5.97 Å². The van der Waals surface area contributed by atoms with Crippen LogP contribution in [0, 0.1) is 5.92 Å². The number of nitrogens with zero attached hydrogens (tertiary/aromatic N) is 2. The standard InChI is InChI=1S/C13H14BrN3O2S/c14-11-2-1-10(20-11)9-7-12(16-15-9)17-5-3-8(4-6-17)13(18)19/h1-2,7-8H,3-6H2,(H,15,16)(H,18,19). The van der Waals surface area contributed by atoms with Crippen LogP contribution in [0.2, 0.25) is 0 Å². The van der Waals surface area contributed by atoms with Gasteiger partial charge in [0.25, 0.3) is 0 Å². The lowest BCUT2D eigenvalue weighted by Gasteiger charge is -2.29. The highest BCUT2D eigenvalue weighted by Gasteiger charge is 2.25. The van der Waals surface area contributed by atoms with E-state index in [1.807, 2.05) is 18.2 Å². The molecule has 0 aromatic carbocycles. The van der Waals surface area contributed by atoms with Crippen LogP contribution < -0.4 is 4.90 Å². The van der Waals surface area contributed by atoms with Crippen molar-refractivity contribution in [3.63, 3.8) is 0 Å². The van der Waals surface area contributed by atoms with Crippen molar-refractivity contribution in [1.82, 2.24) is 10.2 Å². The number of piperidine rings is 1. The Labute approximate surface area is 128 Å². The van der Waals surface area contributed by atoms with Crippen LogP contribution in [0.3, 0.4) is 0 Å². The van der Waals surface area contributed by atoms with Crippen molar-refractivity contribution in [3.05, 3.63) is 22.0 Å². The number of hydrogen-bond acceptors (Lipinski definition) is 4. The lowest BCUT2D eigenvalue weighted by atomic mass is 9.97. The topological polar surface area (TPSA) is 69.2 Å². The molecule has 20 heavy (non-hydrogen) atoms. The van der Waals surface area contributed by atoms with Crippen molar-refractivity contribution in [3.8, 4) is 10.6 Å². The van der Waals surface area contributed by atoms with Crippen molar-refractivity contribution in [2.75, 3.05) is 18.0 Å². The maximum absolute atomic E-state index is 10.9. The zero-order valence-corrected chi connectivity index (χ0v) is 13.1. The van der Waals surface area contributed by atoms with Crippen LogP contribution in [0.5, 0.6) is 0 Å². The van der Waals surface area contributed by atoms with Crippen LogP contribution in [0.1, 0.15) is 12.8 Å². The molecule has 0 bridgehead atoms. The third-order valence-corrected chi connectivity index (χ3v) is 5.23. The van der Waals surface area contributed by atoms with Gasteiger partial charge in [0.1, 0.15) is 0 Å². The second-order valence-corrected chi connectivity index (χ2v) is 7.31. The highest BCUT2D eigenvalue weighted by Crippen LogP contribution is 2.32. The van der Waals surface area contributed by atoms with E-state index in [2.05, 4.69) is 31.0 Å². The average molecular weight is 356 g/mol. The quantitative estimate of drug-likeness (QED) is 0.886. The molecule has 3 rings (SSSR count). The third-order valence-electron chi connectivity index (χ3n) is 3.57. The predicted molar refractivity (Wildman–Crippen MR) is 82.2 cm³/mol. The number of aromatic nitrogens is 2. The first-order chi connectivity index (χ1) is 9.63. The molecule has 2 aromatic rings. The SMILES string of the molecule is O=C(O)C1CCN(c2cc(-c3ccc(Br)s3)[nH]n2)CC1. The lowest BCUT2D eigenvalue weighted by Crippen LogP contribution is -2.36. The summed E-state index contributed by atoms with van der Waals surface area (Å²) < 4.78 is 1.09. The molecule has 106 valence electrons. The highest BCUT2D eigenvalue weighted by atomic mass is 79.9. The molecule has 1 aliphatic rings. The van der Waals surface area contributed by atoms with E-state index in [9.17, 15) is 4.79 Å². The van der Waals surface area contributed by atoms with Gasteiger partial charge in [-0.15, -0.1) is 11.3 Å². The molecule has 0 unspecified atom stereocenters. The number of carbonyl (C=O) groups is 1. The Kier molecular flexibility index (Phi) is 3.80. The normalized spacial score (nSPS) is 16.6. The summed E-state index contributed by atoms with van der Waals surface area (Å²) in [7, 11) is 0. The third kappa shape index (κ3) is 2.73. The Hall–Kier alpha value is -1.34. The molecule has 2 aromatic heterocycles. The molecular weight excluding hydrogens is 342 g/mol. The van der Waals surface area contributed by atoms with Crippen LogP contribution in [0.15, 0.2) is 22.0 Å². The number of aromatic amines is 1. The van der Waals surface area contributed by atoms with Crippen molar-refractivity contribution >= 4 is 39.1 Å². The summed E-state index contributed by atoms with van der Waals surface area (Å²) >= 11 is 5.11. The summed E-state index contributed by atoms with van der Waals surface area (Å²) in [5.74, 6) is 0.00192.